The average molecular weight is 235 g/mol. The molecule has 0 atom stereocenters. The first-order chi connectivity index (χ1) is 6.93. The quantitative estimate of drug-likeness (QED) is 0.668. The molecule has 0 N–H and O–H groups in total. The third-order valence-electron chi connectivity index (χ3n) is 1.84. The number of benzene rings is 1. The van der Waals surface area contributed by atoms with Crippen LogP contribution in [0, 0.1) is 0 Å². The maximum atomic E-state index is 12.3. The third kappa shape index (κ3) is 3.59. The molecule has 15 heavy (non-hydrogen) atoms. The van der Waals surface area contributed by atoms with Gasteiger partial charge in [0.1, 0.15) is 0 Å². The van der Waals surface area contributed by atoms with E-state index in [9.17, 15) is 13.2 Å². The van der Waals surface area contributed by atoms with E-state index in [1.807, 2.05) is 0 Å². The highest BCUT2D eigenvalue weighted by Crippen LogP contribution is 2.29. The monoisotopic (exact) mass is 234 g/mol. The molecule has 0 heterocycles. The lowest BCUT2D eigenvalue weighted by Gasteiger charge is -2.07. The van der Waals surface area contributed by atoms with Crippen molar-refractivity contribution in [1.82, 2.24) is 0 Å². The minimum absolute atomic E-state index is 0.316. The lowest BCUT2D eigenvalue weighted by Crippen LogP contribution is -2.04. The maximum Gasteiger partial charge on any atom is 0.416 e. The van der Waals surface area contributed by atoms with Crippen LogP contribution in [0.2, 0.25) is 0 Å². The van der Waals surface area contributed by atoms with E-state index in [1.165, 1.54) is 6.07 Å². The fraction of sp³-hybridized carbons (Fsp3) is 0.273. The van der Waals surface area contributed by atoms with Crippen LogP contribution in [0.3, 0.4) is 0 Å². The Morgan fingerprint density at radius 2 is 2.07 bits per heavy atom. The molecule has 0 aliphatic heterocycles. The van der Waals surface area contributed by atoms with Crippen molar-refractivity contribution in [2.45, 2.75) is 13.1 Å². The van der Waals surface area contributed by atoms with Crippen LogP contribution >= 0.6 is 11.6 Å². The number of halogens is 4. The van der Waals surface area contributed by atoms with Gasteiger partial charge in [0.25, 0.3) is 0 Å². The van der Waals surface area contributed by atoms with E-state index in [0.29, 0.717) is 11.4 Å². The van der Waals surface area contributed by atoms with Crippen LogP contribution in [0.5, 0.6) is 0 Å². The summed E-state index contributed by atoms with van der Waals surface area (Å²) in [7, 11) is 0. The SMILES string of the molecule is C/C(=C/c1cccc(C(F)(F)F)c1)CCl. The predicted molar refractivity (Wildman–Crippen MR) is 55.8 cm³/mol. The highest BCUT2D eigenvalue weighted by Gasteiger charge is 2.30. The number of alkyl halides is 4. The summed E-state index contributed by atoms with van der Waals surface area (Å²) in [6.07, 6.45) is -2.65. The normalized spacial score (nSPS) is 13.0. The van der Waals surface area contributed by atoms with Gasteiger partial charge in [0.15, 0.2) is 0 Å². The van der Waals surface area contributed by atoms with Crippen LogP contribution in [0.1, 0.15) is 18.1 Å². The molecule has 0 aliphatic carbocycles. The lowest BCUT2D eigenvalue weighted by molar-refractivity contribution is -0.137. The first-order valence-corrected chi connectivity index (χ1v) is 4.87. The van der Waals surface area contributed by atoms with Crippen LogP contribution in [0.4, 0.5) is 13.2 Å². The Hall–Kier alpha value is -0.960. The van der Waals surface area contributed by atoms with Gasteiger partial charge in [-0.1, -0.05) is 23.8 Å². The van der Waals surface area contributed by atoms with Crippen LogP contribution < -0.4 is 0 Å². The molecule has 0 nitrogen and oxygen atoms in total. The van der Waals surface area contributed by atoms with Gasteiger partial charge >= 0.3 is 6.18 Å². The van der Waals surface area contributed by atoms with Crippen molar-refractivity contribution in [3.8, 4) is 0 Å². The maximum absolute atomic E-state index is 12.3. The van der Waals surface area contributed by atoms with Gasteiger partial charge in [0.2, 0.25) is 0 Å². The van der Waals surface area contributed by atoms with Gasteiger partial charge in [-0.15, -0.1) is 11.6 Å². The Bertz CT molecular complexity index is 366. The van der Waals surface area contributed by atoms with E-state index in [-0.39, 0.29) is 0 Å². The van der Waals surface area contributed by atoms with Gasteiger partial charge in [-0.3, -0.25) is 0 Å². The van der Waals surface area contributed by atoms with E-state index in [2.05, 4.69) is 0 Å². The Morgan fingerprint density at radius 1 is 1.40 bits per heavy atom. The molecule has 4 heteroatoms. The molecule has 0 spiro atoms. The van der Waals surface area contributed by atoms with Crippen molar-refractivity contribution in [1.29, 1.82) is 0 Å². The highest BCUT2D eigenvalue weighted by atomic mass is 35.5. The van der Waals surface area contributed by atoms with Gasteiger partial charge in [-0.05, 0) is 24.6 Å². The zero-order valence-corrected chi connectivity index (χ0v) is 8.86. The Kier molecular flexibility index (Phi) is 3.80. The molecule has 0 aromatic heterocycles. The van der Waals surface area contributed by atoms with Crippen LogP contribution in [-0.2, 0) is 6.18 Å². The van der Waals surface area contributed by atoms with Crippen molar-refractivity contribution in [2.24, 2.45) is 0 Å². The molecule has 0 saturated carbocycles. The summed E-state index contributed by atoms with van der Waals surface area (Å²) < 4.78 is 37.0. The Labute approximate surface area is 91.4 Å². The van der Waals surface area contributed by atoms with Crippen LogP contribution in [0.15, 0.2) is 29.8 Å². The Balaban J connectivity index is 3.04. The molecule has 0 amide bonds. The van der Waals surface area contributed by atoms with Crippen molar-refractivity contribution < 1.29 is 13.2 Å². The molecule has 0 aliphatic rings. The van der Waals surface area contributed by atoms with Crippen molar-refractivity contribution in [2.75, 3.05) is 5.88 Å². The first-order valence-electron chi connectivity index (χ1n) is 4.34. The molecule has 82 valence electrons. The van der Waals surface area contributed by atoms with E-state index in [4.69, 9.17) is 11.6 Å². The van der Waals surface area contributed by atoms with Crippen molar-refractivity contribution in [3.05, 3.63) is 41.0 Å². The Morgan fingerprint density at radius 3 is 2.60 bits per heavy atom. The molecule has 0 unspecified atom stereocenters. The second-order valence-corrected chi connectivity index (χ2v) is 3.51. The molecule has 1 rings (SSSR count). The summed E-state index contributed by atoms with van der Waals surface area (Å²) in [5, 5.41) is 0. The number of rotatable bonds is 2. The second-order valence-electron chi connectivity index (χ2n) is 3.25. The summed E-state index contributed by atoms with van der Waals surface area (Å²) >= 11 is 5.54. The van der Waals surface area contributed by atoms with E-state index in [1.54, 1.807) is 19.1 Å². The van der Waals surface area contributed by atoms with Gasteiger partial charge < -0.3 is 0 Å². The first kappa shape index (κ1) is 12.1. The lowest BCUT2D eigenvalue weighted by atomic mass is 10.1. The fourth-order valence-electron chi connectivity index (χ4n) is 1.13. The molecular weight excluding hydrogens is 225 g/mol. The van der Waals surface area contributed by atoms with Gasteiger partial charge in [-0.25, -0.2) is 0 Å². The average Bonchev–Trinajstić information content (AvgIpc) is 2.17. The molecule has 0 fully saturated rings. The van der Waals surface area contributed by atoms with E-state index < -0.39 is 11.7 Å². The highest BCUT2D eigenvalue weighted by molar-refractivity contribution is 6.19. The second kappa shape index (κ2) is 4.71. The molecule has 0 saturated heterocycles. The van der Waals surface area contributed by atoms with Crippen LogP contribution in [0.25, 0.3) is 6.08 Å². The summed E-state index contributed by atoms with van der Waals surface area (Å²) in [4.78, 5) is 0. The summed E-state index contributed by atoms with van der Waals surface area (Å²) in [5.41, 5.74) is 0.706. The molecular formula is C11H10ClF3. The predicted octanol–water partition coefficient (Wildman–Crippen LogP) is 4.35. The number of hydrogen-bond acceptors (Lipinski definition) is 0. The minimum Gasteiger partial charge on any atom is -0.166 e. The number of allylic oxidation sites excluding steroid dienone is 1. The van der Waals surface area contributed by atoms with Gasteiger partial charge in [0.05, 0.1) is 5.56 Å². The number of hydrogen-bond donors (Lipinski definition) is 0. The molecule has 1 aromatic rings. The molecule has 1 aromatic carbocycles. The smallest absolute Gasteiger partial charge is 0.166 e. The topological polar surface area (TPSA) is 0 Å². The van der Waals surface area contributed by atoms with Crippen molar-refractivity contribution in [3.63, 3.8) is 0 Å². The zero-order chi connectivity index (χ0) is 11.5. The summed E-state index contributed by atoms with van der Waals surface area (Å²) in [5.74, 6) is 0.316. The van der Waals surface area contributed by atoms with Gasteiger partial charge in [0, 0.05) is 5.88 Å². The fourth-order valence-corrected chi connectivity index (χ4v) is 1.21. The van der Waals surface area contributed by atoms with E-state index >= 15 is 0 Å². The van der Waals surface area contributed by atoms with Crippen LogP contribution in [-0.4, -0.2) is 5.88 Å². The largest absolute Gasteiger partial charge is 0.416 e. The standard InChI is InChI=1S/C11H10ClF3/c1-8(7-12)5-9-3-2-4-10(6-9)11(13,14)15/h2-6H,7H2,1H3/b8-5-. The summed E-state index contributed by atoms with van der Waals surface area (Å²) in [6, 6.07) is 5.16. The zero-order valence-electron chi connectivity index (χ0n) is 8.11. The molecule has 0 bridgehead atoms. The van der Waals surface area contributed by atoms with Gasteiger partial charge in [-0.2, -0.15) is 13.2 Å². The summed E-state index contributed by atoms with van der Waals surface area (Å²) in [6.45, 7) is 1.77. The molecule has 0 radical (unpaired) electrons. The van der Waals surface area contributed by atoms with Crippen molar-refractivity contribution >= 4 is 17.7 Å². The van der Waals surface area contributed by atoms with E-state index in [0.717, 1.165) is 17.7 Å². The third-order valence-corrected chi connectivity index (χ3v) is 2.26. The minimum atomic E-state index is -4.29.